The fourth-order valence-electron chi connectivity index (χ4n) is 1.68. The van der Waals surface area contributed by atoms with Crippen LogP contribution in [0.5, 0.6) is 0 Å². The van der Waals surface area contributed by atoms with E-state index in [0.717, 1.165) is 6.54 Å². The first-order chi connectivity index (χ1) is 6.62. The first-order valence-corrected chi connectivity index (χ1v) is 5.56. The van der Waals surface area contributed by atoms with E-state index in [0.29, 0.717) is 17.9 Å². The van der Waals surface area contributed by atoms with Crippen molar-refractivity contribution in [1.29, 1.82) is 0 Å². The summed E-state index contributed by atoms with van der Waals surface area (Å²) in [7, 11) is 1.68. The van der Waals surface area contributed by atoms with Gasteiger partial charge in [-0.15, -0.1) is 0 Å². The molecule has 1 aliphatic carbocycles. The number of nitrogens with one attached hydrogen (secondary N) is 2. The number of carbonyl (C=O) groups excluding carboxylic acids is 1. The van der Waals surface area contributed by atoms with Crippen molar-refractivity contribution in [2.45, 2.75) is 45.6 Å². The van der Waals surface area contributed by atoms with E-state index < -0.39 is 0 Å². The second-order valence-electron chi connectivity index (χ2n) is 4.51. The lowest BCUT2D eigenvalue weighted by atomic mass is 10.0. The highest BCUT2D eigenvalue weighted by atomic mass is 16.1. The average molecular weight is 198 g/mol. The van der Waals surface area contributed by atoms with Crippen molar-refractivity contribution in [2.24, 2.45) is 5.41 Å². The molecule has 1 atom stereocenters. The zero-order chi connectivity index (χ0) is 10.6. The fraction of sp³-hybridized carbons (Fsp3) is 0.909. The molecule has 14 heavy (non-hydrogen) atoms. The lowest BCUT2D eigenvalue weighted by molar-refractivity contribution is -0.121. The van der Waals surface area contributed by atoms with E-state index in [4.69, 9.17) is 0 Å². The molecule has 0 aromatic carbocycles. The second-order valence-corrected chi connectivity index (χ2v) is 4.51. The van der Waals surface area contributed by atoms with Crippen LogP contribution in [-0.2, 0) is 4.79 Å². The molecule has 1 aliphatic rings. The molecule has 2 N–H and O–H groups in total. The van der Waals surface area contributed by atoms with Crippen LogP contribution in [0, 0.1) is 5.41 Å². The van der Waals surface area contributed by atoms with Crippen molar-refractivity contribution in [3.05, 3.63) is 0 Å². The van der Waals surface area contributed by atoms with E-state index >= 15 is 0 Å². The third-order valence-electron chi connectivity index (χ3n) is 3.30. The van der Waals surface area contributed by atoms with Crippen molar-refractivity contribution in [3.63, 3.8) is 0 Å². The number of amides is 1. The van der Waals surface area contributed by atoms with Crippen LogP contribution >= 0.6 is 0 Å². The molecule has 3 heteroatoms. The minimum Gasteiger partial charge on any atom is -0.359 e. The molecule has 0 saturated heterocycles. The minimum absolute atomic E-state index is 0.117. The third-order valence-corrected chi connectivity index (χ3v) is 3.30. The van der Waals surface area contributed by atoms with E-state index in [1.165, 1.54) is 19.3 Å². The van der Waals surface area contributed by atoms with Gasteiger partial charge in [0.2, 0.25) is 5.91 Å². The highest BCUT2D eigenvalue weighted by Gasteiger charge is 2.40. The number of rotatable bonds is 6. The van der Waals surface area contributed by atoms with Crippen molar-refractivity contribution in [1.82, 2.24) is 10.6 Å². The number of hydrogen-bond donors (Lipinski definition) is 2. The summed E-state index contributed by atoms with van der Waals surface area (Å²) in [6.45, 7) is 5.39. The highest BCUT2D eigenvalue weighted by Crippen LogP contribution is 2.47. The molecule has 0 aliphatic heterocycles. The molecular weight excluding hydrogens is 176 g/mol. The molecule has 0 bridgehead atoms. The van der Waals surface area contributed by atoms with Gasteiger partial charge in [0.15, 0.2) is 0 Å². The smallest absolute Gasteiger partial charge is 0.221 e. The Hall–Kier alpha value is -0.570. The second kappa shape index (κ2) is 4.78. The van der Waals surface area contributed by atoms with Gasteiger partial charge in [-0.1, -0.05) is 6.92 Å². The largest absolute Gasteiger partial charge is 0.359 e. The van der Waals surface area contributed by atoms with Crippen LogP contribution in [0.3, 0.4) is 0 Å². The Morgan fingerprint density at radius 1 is 1.50 bits per heavy atom. The summed E-state index contributed by atoms with van der Waals surface area (Å²) >= 11 is 0. The van der Waals surface area contributed by atoms with E-state index in [1.807, 2.05) is 0 Å². The Kier molecular flexibility index (Phi) is 3.93. The summed E-state index contributed by atoms with van der Waals surface area (Å²) in [5, 5.41) is 6.08. The molecular formula is C11H22N2O. The third kappa shape index (κ3) is 3.29. The molecule has 1 fully saturated rings. The molecule has 1 unspecified atom stereocenters. The van der Waals surface area contributed by atoms with Crippen molar-refractivity contribution in [2.75, 3.05) is 13.6 Å². The Bertz CT molecular complexity index is 199. The van der Waals surface area contributed by atoms with Crippen LogP contribution in [0.4, 0.5) is 0 Å². The van der Waals surface area contributed by atoms with Crippen LogP contribution in [0.15, 0.2) is 0 Å². The molecule has 0 heterocycles. The van der Waals surface area contributed by atoms with E-state index in [-0.39, 0.29) is 5.91 Å². The first kappa shape index (κ1) is 11.5. The monoisotopic (exact) mass is 198 g/mol. The topological polar surface area (TPSA) is 41.1 Å². The van der Waals surface area contributed by atoms with Crippen LogP contribution in [0.2, 0.25) is 0 Å². The van der Waals surface area contributed by atoms with Gasteiger partial charge >= 0.3 is 0 Å². The fourth-order valence-corrected chi connectivity index (χ4v) is 1.68. The van der Waals surface area contributed by atoms with Gasteiger partial charge in [0.25, 0.3) is 0 Å². The maximum absolute atomic E-state index is 11.1. The summed E-state index contributed by atoms with van der Waals surface area (Å²) in [5.74, 6) is 0.117. The Morgan fingerprint density at radius 2 is 2.14 bits per heavy atom. The maximum Gasteiger partial charge on any atom is 0.221 e. The van der Waals surface area contributed by atoms with Gasteiger partial charge in [0.1, 0.15) is 0 Å². The Morgan fingerprint density at radius 3 is 2.57 bits per heavy atom. The quantitative estimate of drug-likeness (QED) is 0.675. The highest BCUT2D eigenvalue weighted by molar-refractivity contribution is 5.76. The molecule has 1 saturated carbocycles. The summed E-state index contributed by atoms with van der Waals surface area (Å²) in [6, 6.07) is 0.291. The predicted octanol–water partition coefficient (Wildman–Crippen LogP) is 1.29. The van der Waals surface area contributed by atoms with Gasteiger partial charge in [-0.2, -0.15) is 0 Å². The van der Waals surface area contributed by atoms with E-state index in [9.17, 15) is 4.79 Å². The van der Waals surface area contributed by atoms with Crippen molar-refractivity contribution in [3.8, 4) is 0 Å². The summed E-state index contributed by atoms with van der Waals surface area (Å²) in [6.07, 6.45) is 4.54. The standard InChI is InChI=1S/C11H22N2O/c1-4-11(5-6-11)8-13-9(2)7-10(14)12-3/h9,13H,4-8H2,1-3H3,(H,12,14). The van der Waals surface area contributed by atoms with E-state index in [2.05, 4.69) is 24.5 Å². The zero-order valence-electron chi connectivity index (χ0n) is 9.52. The Labute approximate surface area is 86.6 Å². The molecule has 0 aromatic rings. The van der Waals surface area contributed by atoms with Crippen molar-refractivity contribution < 1.29 is 4.79 Å². The van der Waals surface area contributed by atoms with Crippen LogP contribution in [0.1, 0.15) is 39.5 Å². The minimum atomic E-state index is 0.117. The van der Waals surface area contributed by atoms with Gasteiger partial charge in [0, 0.05) is 26.1 Å². The number of hydrogen-bond acceptors (Lipinski definition) is 2. The number of carbonyl (C=O) groups is 1. The lowest BCUT2D eigenvalue weighted by Crippen LogP contribution is -2.35. The normalized spacial score (nSPS) is 20.2. The van der Waals surface area contributed by atoms with Crippen LogP contribution in [0.25, 0.3) is 0 Å². The average Bonchev–Trinajstić information content (AvgIpc) is 2.95. The molecule has 3 nitrogen and oxygen atoms in total. The SMILES string of the molecule is CCC1(CNC(C)CC(=O)NC)CC1. The predicted molar refractivity (Wildman–Crippen MR) is 58.1 cm³/mol. The summed E-state index contributed by atoms with van der Waals surface area (Å²) < 4.78 is 0. The molecule has 1 rings (SSSR count). The first-order valence-electron chi connectivity index (χ1n) is 5.56. The lowest BCUT2D eigenvalue weighted by Gasteiger charge is -2.18. The van der Waals surface area contributed by atoms with Crippen LogP contribution in [-0.4, -0.2) is 25.5 Å². The molecule has 82 valence electrons. The summed E-state index contributed by atoms with van der Waals surface area (Å²) in [5.41, 5.74) is 0.566. The summed E-state index contributed by atoms with van der Waals surface area (Å²) in [4.78, 5) is 11.1. The maximum atomic E-state index is 11.1. The Balaban J connectivity index is 2.14. The van der Waals surface area contributed by atoms with Gasteiger partial charge in [0.05, 0.1) is 0 Å². The molecule has 1 amide bonds. The van der Waals surface area contributed by atoms with E-state index in [1.54, 1.807) is 7.05 Å². The molecule has 0 aromatic heterocycles. The molecule has 0 radical (unpaired) electrons. The zero-order valence-corrected chi connectivity index (χ0v) is 9.52. The van der Waals surface area contributed by atoms with Gasteiger partial charge in [-0.05, 0) is 31.6 Å². The van der Waals surface area contributed by atoms with Gasteiger partial charge < -0.3 is 10.6 Å². The van der Waals surface area contributed by atoms with Gasteiger partial charge in [-0.25, -0.2) is 0 Å². The van der Waals surface area contributed by atoms with Gasteiger partial charge in [-0.3, -0.25) is 4.79 Å². The molecule has 0 spiro atoms. The van der Waals surface area contributed by atoms with Crippen molar-refractivity contribution >= 4 is 5.91 Å². The van der Waals surface area contributed by atoms with Crippen LogP contribution < -0.4 is 10.6 Å².